The van der Waals surface area contributed by atoms with Crippen molar-refractivity contribution in [3.8, 4) is 11.1 Å². The lowest BCUT2D eigenvalue weighted by Gasteiger charge is -2.46. The third-order valence-corrected chi connectivity index (χ3v) is 11.7. The van der Waals surface area contributed by atoms with Crippen LogP contribution in [0.15, 0.2) is 42.7 Å². The Morgan fingerprint density at radius 1 is 1.09 bits per heavy atom. The summed E-state index contributed by atoms with van der Waals surface area (Å²) in [7, 11) is 0.781. The van der Waals surface area contributed by atoms with Gasteiger partial charge in [0.1, 0.15) is 18.9 Å². The van der Waals surface area contributed by atoms with E-state index in [-0.39, 0.29) is 11.2 Å². The summed E-state index contributed by atoms with van der Waals surface area (Å²) in [5, 5.41) is 9.72. The van der Waals surface area contributed by atoms with Crippen molar-refractivity contribution >= 4 is 19.0 Å². The molecule has 0 amide bonds. The zero-order valence-electron chi connectivity index (χ0n) is 27.8. The first-order valence-corrected chi connectivity index (χ1v) is 20.2. The summed E-state index contributed by atoms with van der Waals surface area (Å²) in [6.45, 7) is 17.9. The zero-order valence-corrected chi connectivity index (χ0v) is 28.8. The van der Waals surface area contributed by atoms with Crippen molar-refractivity contribution in [2.75, 3.05) is 19.7 Å². The molecule has 236 valence electrons. The molecule has 0 bridgehead atoms. The van der Waals surface area contributed by atoms with Crippen LogP contribution >= 0.6 is 0 Å². The first-order chi connectivity index (χ1) is 20.9. The number of piperidine rings is 1. The van der Waals surface area contributed by atoms with Gasteiger partial charge in [-0.1, -0.05) is 57.8 Å². The van der Waals surface area contributed by atoms with E-state index in [4.69, 9.17) is 4.74 Å². The Kier molecular flexibility index (Phi) is 8.63. The van der Waals surface area contributed by atoms with Crippen molar-refractivity contribution in [3.05, 3.63) is 71.2 Å². The molecule has 8 heteroatoms. The van der Waals surface area contributed by atoms with E-state index in [1.54, 1.807) is 6.33 Å². The summed E-state index contributed by atoms with van der Waals surface area (Å²) < 4.78 is 27.4. The average molecular weight is 616 g/mol. The second-order valence-corrected chi connectivity index (χ2v) is 20.8. The van der Waals surface area contributed by atoms with E-state index in [2.05, 4.69) is 84.3 Å². The van der Waals surface area contributed by atoms with Crippen LogP contribution in [0.1, 0.15) is 62.2 Å². The van der Waals surface area contributed by atoms with Gasteiger partial charge in [0.2, 0.25) is 0 Å². The average Bonchev–Trinajstić information content (AvgIpc) is 3.54. The molecule has 1 saturated heterocycles. The predicted octanol–water partition coefficient (Wildman–Crippen LogP) is 8.14. The zero-order chi connectivity index (χ0) is 31.2. The number of aromatic nitrogens is 4. The Hall–Kier alpha value is -2.81. The molecule has 1 aliphatic heterocycles. The lowest BCUT2D eigenvalue weighted by Crippen LogP contribution is -2.43. The van der Waals surface area contributed by atoms with Crippen LogP contribution in [0, 0.1) is 24.6 Å². The molecule has 3 heterocycles. The van der Waals surface area contributed by atoms with Crippen LogP contribution in [-0.4, -0.2) is 52.0 Å². The fourth-order valence-corrected chi connectivity index (χ4v) is 8.44. The Morgan fingerprint density at radius 2 is 1.89 bits per heavy atom. The second kappa shape index (κ2) is 12.2. The van der Waals surface area contributed by atoms with Crippen LogP contribution in [0.3, 0.4) is 0 Å². The summed E-state index contributed by atoms with van der Waals surface area (Å²) in [5.41, 5.74) is 5.45. The van der Waals surface area contributed by atoms with Gasteiger partial charge in [0.15, 0.2) is 5.82 Å². The lowest BCUT2D eigenvalue weighted by molar-refractivity contribution is 0.0846. The lowest BCUT2D eigenvalue weighted by atomic mass is 9.58. The molecule has 2 aromatic heterocycles. The van der Waals surface area contributed by atoms with Gasteiger partial charge in [-0.05, 0) is 85.9 Å². The number of rotatable bonds is 10. The van der Waals surface area contributed by atoms with Crippen LogP contribution in [0.4, 0.5) is 4.39 Å². The number of hydrogen-bond donors (Lipinski definition) is 0. The smallest absolute Gasteiger partial charge is 0.155 e. The fraction of sp³-hybridized carbons (Fsp3) is 0.556. The van der Waals surface area contributed by atoms with Gasteiger partial charge in [0, 0.05) is 51.5 Å². The number of hydrogen-bond acceptors (Lipinski definition) is 4. The fourth-order valence-electron chi connectivity index (χ4n) is 7.68. The number of aryl methyl sites for hydroxylation is 2. The molecule has 1 aliphatic carbocycles. The minimum absolute atomic E-state index is 0.163. The predicted molar refractivity (Wildman–Crippen MR) is 180 cm³/mol. The van der Waals surface area contributed by atoms with Gasteiger partial charge in [-0.15, -0.1) is 10.2 Å². The second-order valence-electron chi connectivity index (χ2n) is 15.2. The molecule has 0 N–H and O–H groups in total. The van der Waals surface area contributed by atoms with Crippen LogP contribution in [0.5, 0.6) is 0 Å². The summed E-state index contributed by atoms with van der Waals surface area (Å²) >= 11 is 0. The van der Waals surface area contributed by atoms with Crippen molar-refractivity contribution in [1.29, 1.82) is 0 Å². The number of nitrogens with zero attached hydrogens (tertiary/aromatic N) is 5. The minimum Gasteiger partial charge on any atom is -0.361 e. The van der Waals surface area contributed by atoms with Crippen LogP contribution in [-0.2, 0) is 30.5 Å². The van der Waals surface area contributed by atoms with E-state index in [0.717, 1.165) is 66.6 Å². The highest BCUT2D eigenvalue weighted by Crippen LogP contribution is 2.52. The Labute approximate surface area is 263 Å². The first kappa shape index (κ1) is 31.2. The molecule has 2 fully saturated rings. The SMILES string of the molecule is Cc1cc(-c2cccc(C3(c4nncn4C)CC(C)C3)c2)c(F)c2c1cc(CN1CCC[C@@H](C)C1)n2COCC[Si](C)(C)C. The van der Waals surface area contributed by atoms with Gasteiger partial charge in [-0.25, -0.2) is 4.39 Å². The molecule has 0 radical (unpaired) electrons. The highest BCUT2D eigenvalue weighted by Gasteiger charge is 2.48. The van der Waals surface area contributed by atoms with Gasteiger partial charge in [-0.2, -0.15) is 0 Å². The summed E-state index contributed by atoms with van der Waals surface area (Å²) in [6, 6.07) is 13.8. The Bertz CT molecular complexity index is 1630. The largest absolute Gasteiger partial charge is 0.361 e. The van der Waals surface area contributed by atoms with Crippen LogP contribution < -0.4 is 0 Å². The van der Waals surface area contributed by atoms with Crippen LogP contribution in [0.25, 0.3) is 22.0 Å². The maximum atomic E-state index is 17.0. The highest BCUT2D eigenvalue weighted by atomic mass is 28.3. The molecular formula is C36H50FN5OSi. The molecule has 2 aliphatic rings. The highest BCUT2D eigenvalue weighted by molar-refractivity contribution is 6.76. The first-order valence-electron chi connectivity index (χ1n) is 16.5. The topological polar surface area (TPSA) is 48.1 Å². The Morgan fingerprint density at radius 3 is 2.57 bits per heavy atom. The molecule has 2 aromatic carbocycles. The van der Waals surface area contributed by atoms with Crippen molar-refractivity contribution in [3.63, 3.8) is 0 Å². The monoisotopic (exact) mass is 615 g/mol. The molecule has 6 nitrogen and oxygen atoms in total. The molecule has 44 heavy (non-hydrogen) atoms. The van der Waals surface area contributed by atoms with Gasteiger partial charge in [0.05, 0.1) is 10.9 Å². The summed E-state index contributed by atoms with van der Waals surface area (Å²) in [5.74, 6) is 2.12. The number of ether oxygens (including phenoxy) is 1. The number of benzene rings is 2. The third-order valence-electron chi connectivity index (χ3n) is 10.0. The van der Waals surface area contributed by atoms with E-state index in [1.807, 2.05) is 23.7 Å². The van der Waals surface area contributed by atoms with Gasteiger partial charge in [-0.3, -0.25) is 4.90 Å². The van der Waals surface area contributed by atoms with Crippen molar-refractivity contribution in [2.45, 2.75) is 90.8 Å². The molecule has 0 unspecified atom stereocenters. The number of likely N-dealkylation sites (tertiary alicyclic amines) is 1. The number of fused-ring (bicyclic) bond motifs is 1. The van der Waals surface area contributed by atoms with Gasteiger partial charge >= 0.3 is 0 Å². The van der Waals surface area contributed by atoms with E-state index < -0.39 is 8.07 Å². The van der Waals surface area contributed by atoms with E-state index in [0.29, 0.717) is 36.3 Å². The molecule has 6 rings (SSSR count). The summed E-state index contributed by atoms with van der Waals surface area (Å²) in [6.07, 6.45) is 6.31. The van der Waals surface area contributed by atoms with Crippen molar-refractivity contribution < 1.29 is 9.13 Å². The molecular weight excluding hydrogens is 566 g/mol. The van der Waals surface area contributed by atoms with Gasteiger partial charge in [0.25, 0.3) is 0 Å². The van der Waals surface area contributed by atoms with Gasteiger partial charge < -0.3 is 13.9 Å². The molecule has 0 spiro atoms. The normalized spacial score (nSPS) is 22.9. The third kappa shape index (κ3) is 6.05. The van der Waals surface area contributed by atoms with E-state index >= 15 is 4.39 Å². The molecule has 4 aromatic rings. The van der Waals surface area contributed by atoms with E-state index in [1.165, 1.54) is 18.4 Å². The number of halogens is 1. The minimum atomic E-state index is -1.24. The Balaban J connectivity index is 1.41. The van der Waals surface area contributed by atoms with Crippen LogP contribution in [0.2, 0.25) is 25.7 Å². The molecule has 1 atom stereocenters. The standard InChI is InChI=1S/C36H50FN5OSi/c1-25-10-9-13-41(21-25)22-30-18-31-27(3)16-32(33(37)34(31)42(30)24-43-14-15-44(5,6)7)28-11-8-12-29(17-28)36(19-26(2)20-36)35-39-38-23-40(35)4/h8,11-12,16-18,23,25-26H,9-10,13-15,19-22,24H2,1-7H3/t25-,26?,36?/m1/s1. The quantitative estimate of drug-likeness (QED) is 0.133. The summed E-state index contributed by atoms with van der Waals surface area (Å²) in [4.78, 5) is 2.53. The van der Waals surface area contributed by atoms with E-state index in [9.17, 15) is 0 Å². The van der Waals surface area contributed by atoms with Crippen molar-refractivity contribution in [1.82, 2.24) is 24.2 Å². The maximum Gasteiger partial charge on any atom is 0.155 e. The maximum absolute atomic E-state index is 17.0. The molecule has 1 saturated carbocycles. The van der Waals surface area contributed by atoms with Crippen molar-refractivity contribution in [2.24, 2.45) is 18.9 Å².